The Kier molecular flexibility index (Phi) is 18.7. The van der Waals surface area contributed by atoms with Gasteiger partial charge in [0.1, 0.15) is 0 Å². The highest BCUT2D eigenvalue weighted by Crippen LogP contribution is 1.81. The van der Waals surface area contributed by atoms with Gasteiger partial charge in [-0.2, -0.15) is 0 Å². The third-order valence-corrected chi connectivity index (χ3v) is 0. The molecule has 3 heteroatoms. The Morgan fingerprint density at radius 3 is 0.833 bits per heavy atom. The number of carbonyl (C=O) groups is 1. The Morgan fingerprint density at radius 1 is 0.833 bits per heavy atom. The molecule has 0 fully saturated rings. The predicted molar refractivity (Wildman–Crippen MR) is 51.7 cm³/mol. The van der Waals surface area contributed by atoms with Crippen molar-refractivity contribution in [3.8, 4) is 0 Å². The van der Waals surface area contributed by atoms with Gasteiger partial charge >= 0.3 is 6.16 Å². The van der Waals surface area contributed by atoms with E-state index < -0.39 is 6.16 Å². The molecule has 0 heterocycles. The molecule has 0 saturated heterocycles. The van der Waals surface area contributed by atoms with Crippen LogP contribution < -0.4 is 0 Å². The van der Waals surface area contributed by atoms with Gasteiger partial charge in [-0.05, 0) is 11.8 Å². The first-order valence-electron chi connectivity index (χ1n) is 4.12. The van der Waals surface area contributed by atoms with E-state index in [-0.39, 0.29) is 0 Å². The summed E-state index contributed by atoms with van der Waals surface area (Å²) in [5.74, 6) is 1.67. The molecule has 0 rings (SSSR count). The van der Waals surface area contributed by atoms with Gasteiger partial charge in [-0.1, -0.05) is 41.5 Å². The van der Waals surface area contributed by atoms with Crippen molar-refractivity contribution in [2.45, 2.75) is 41.5 Å². The minimum atomic E-state index is -1.83. The van der Waals surface area contributed by atoms with E-state index in [1.54, 1.807) is 0 Å². The molecular formula is C9H22O3. The van der Waals surface area contributed by atoms with E-state index in [1.165, 1.54) is 0 Å². The molecule has 0 amide bonds. The van der Waals surface area contributed by atoms with Gasteiger partial charge in [0.2, 0.25) is 0 Å². The topological polar surface area (TPSA) is 57.5 Å². The van der Waals surface area contributed by atoms with Gasteiger partial charge in [0.05, 0.1) is 0 Å². The Labute approximate surface area is 75.4 Å². The number of hydrogen-bond donors (Lipinski definition) is 2. The van der Waals surface area contributed by atoms with Crippen LogP contribution in [0, 0.1) is 11.8 Å². The fourth-order valence-corrected chi connectivity index (χ4v) is 0. The van der Waals surface area contributed by atoms with Crippen molar-refractivity contribution in [3.63, 3.8) is 0 Å². The van der Waals surface area contributed by atoms with Crippen LogP contribution in [-0.2, 0) is 0 Å². The molecule has 0 aromatic carbocycles. The van der Waals surface area contributed by atoms with Crippen LogP contribution in [0.3, 0.4) is 0 Å². The normalized spacial score (nSPS) is 8.00. The summed E-state index contributed by atoms with van der Waals surface area (Å²) >= 11 is 0. The third kappa shape index (κ3) is 1190. The van der Waals surface area contributed by atoms with E-state index in [0.717, 1.165) is 11.8 Å². The maximum atomic E-state index is 8.56. The molecule has 0 saturated carbocycles. The Bertz CT molecular complexity index is 72.3. The molecule has 76 valence electrons. The first-order chi connectivity index (χ1) is 5.20. The average molecular weight is 178 g/mol. The van der Waals surface area contributed by atoms with Gasteiger partial charge in [0.25, 0.3) is 0 Å². The van der Waals surface area contributed by atoms with Crippen molar-refractivity contribution in [3.05, 3.63) is 0 Å². The second-order valence-electron chi connectivity index (χ2n) is 3.75. The lowest BCUT2D eigenvalue weighted by atomic mass is 10.3. The number of carboxylic acid groups (broad SMARTS) is 2. The van der Waals surface area contributed by atoms with Gasteiger partial charge in [-0.3, -0.25) is 0 Å². The summed E-state index contributed by atoms with van der Waals surface area (Å²) in [6, 6.07) is 0. The molecule has 0 unspecified atom stereocenters. The van der Waals surface area contributed by atoms with E-state index >= 15 is 0 Å². The van der Waals surface area contributed by atoms with Crippen LogP contribution in [0.4, 0.5) is 4.79 Å². The Morgan fingerprint density at radius 2 is 0.833 bits per heavy atom. The average Bonchev–Trinajstić information content (AvgIpc) is 1.54. The molecule has 2 N–H and O–H groups in total. The lowest BCUT2D eigenvalue weighted by Crippen LogP contribution is -1.81. The van der Waals surface area contributed by atoms with Gasteiger partial charge in [0.15, 0.2) is 0 Å². The summed E-state index contributed by atoms with van der Waals surface area (Å²) < 4.78 is 0. The number of rotatable bonds is 0. The van der Waals surface area contributed by atoms with Crippen LogP contribution in [0.5, 0.6) is 0 Å². The summed E-state index contributed by atoms with van der Waals surface area (Å²) in [6.07, 6.45) is -1.83. The molecule has 0 bridgehead atoms. The van der Waals surface area contributed by atoms with Crippen LogP contribution >= 0.6 is 0 Å². The fraction of sp³-hybridized carbons (Fsp3) is 0.889. The zero-order chi connectivity index (χ0) is 10.7. The standard InChI is InChI=1S/2C4H10.CH2O3/c2*1-4(2)3;2-1(3)4/h2*4H,1-3H3;(H2,2,3,4). The minimum absolute atomic E-state index is 0.833. The zero-order valence-corrected chi connectivity index (χ0v) is 8.96. The predicted octanol–water partition coefficient (Wildman–Crippen LogP) is 3.55. The summed E-state index contributed by atoms with van der Waals surface area (Å²) in [7, 11) is 0. The Hall–Kier alpha value is -0.730. The van der Waals surface area contributed by atoms with Crippen molar-refractivity contribution in [2.24, 2.45) is 11.8 Å². The molecule has 0 aliphatic rings. The largest absolute Gasteiger partial charge is 0.503 e. The smallest absolute Gasteiger partial charge is 0.450 e. The summed E-state index contributed by atoms with van der Waals surface area (Å²) in [5, 5.41) is 13.9. The molecule has 3 nitrogen and oxygen atoms in total. The van der Waals surface area contributed by atoms with Gasteiger partial charge in [-0.15, -0.1) is 0 Å². The van der Waals surface area contributed by atoms with E-state index in [0.29, 0.717) is 0 Å². The SMILES string of the molecule is CC(C)C.CC(C)C.O=C(O)O. The van der Waals surface area contributed by atoms with Crippen molar-refractivity contribution >= 4 is 6.16 Å². The summed E-state index contributed by atoms with van der Waals surface area (Å²) in [5.41, 5.74) is 0. The lowest BCUT2D eigenvalue weighted by molar-refractivity contribution is 0.137. The van der Waals surface area contributed by atoms with Crippen LogP contribution in [0.15, 0.2) is 0 Å². The van der Waals surface area contributed by atoms with E-state index in [4.69, 9.17) is 15.0 Å². The molecule has 0 spiro atoms. The summed E-state index contributed by atoms with van der Waals surface area (Å²) in [4.78, 5) is 8.56. The monoisotopic (exact) mass is 178 g/mol. The molecule has 0 aromatic rings. The highest BCUT2D eigenvalue weighted by Gasteiger charge is 1.70. The van der Waals surface area contributed by atoms with Crippen molar-refractivity contribution in [1.82, 2.24) is 0 Å². The van der Waals surface area contributed by atoms with Crippen LogP contribution in [0.1, 0.15) is 41.5 Å². The van der Waals surface area contributed by atoms with Crippen molar-refractivity contribution < 1.29 is 15.0 Å². The molecular weight excluding hydrogens is 156 g/mol. The molecule has 0 atom stereocenters. The number of hydrogen-bond acceptors (Lipinski definition) is 1. The summed E-state index contributed by atoms with van der Waals surface area (Å²) in [6.45, 7) is 13.0. The molecule has 0 radical (unpaired) electrons. The van der Waals surface area contributed by atoms with Crippen LogP contribution in [-0.4, -0.2) is 16.4 Å². The van der Waals surface area contributed by atoms with E-state index in [9.17, 15) is 0 Å². The van der Waals surface area contributed by atoms with Gasteiger partial charge in [0, 0.05) is 0 Å². The maximum Gasteiger partial charge on any atom is 0.503 e. The van der Waals surface area contributed by atoms with Crippen LogP contribution in [0.2, 0.25) is 0 Å². The minimum Gasteiger partial charge on any atom is -0.450 e. The second-order valence-corrected chi connectivity index (χ2v) is 3.75. The van der Waals surface area contributed by atoms with Crippen LogP contribution in [0.25, 0.3) is 0 Å². The van der Waals surface area contributed by atoms with Crippen molar-refractivity contribution in [2.75, 3.05) is 0 Å². The second kappa shape index (κ2) is 12.9. The highest BCUT2D eigenvalue weighted by molar-refractivity contribution is 5.53. The maximum absolute atomic E-state index is 8.56. The fourth-order valence-electron chi connectivity index (χ4n) is 0. The molecule has 12 heavy (non-hydrogen) atoms. The quantitative estimate of drug-likeness (QED) is 0.596. The van der Waals surface area contributed by atoms with Crippen molar-refractivity contribution in [1.29, 1.82) is 0 Å². The first kappa shape index (κ1) is 17.4. The Balaban J connectivity index is -0.000000101. The van der Waals surface area contributed by atoms with Gasteiger partial charge in [-0.25, -0.2) is 4.79 Å². The molecule has 0 aliphatic heterocycles. The molecule has 0 aromatic heterocycles. The zero-order valence-electron chi connectivity index (χ0n) is 8.96. The molecule has 0 aliphatic carbocycles. The lowest BCUT2D eigenvalue weighted by Gasteiger charge is -1.79. The first-order valence-corrected chi connectivity index (χ1v) is 4.12. The van der Waals surface area contributed by atoms with E-state index in [2.05, 4.69) is 41.5 Å². The van der Waals surface area contributed by atoms with E-state index in [1.807, 2.05) is 0 Å². The third-order valence-electron chi connectivity index (χ3n) is 0. The van der Waals surface area contributed by atoms with Gasteiger partial charge < -0.3 is 10.2 Å². The highest BCUT2D eigenvalue weighted by atomic mass is 16.6.